The van der Waals surface area contributed by atoms with Gasteiger partial charge in [0, 0.05) is 25.4 Å². The number of carbonyl (C=O) groups is 1. The summed E-state index contributed by atoms with van der Waals surface area (Å²) in [6, 6.07) is 5.34. The highest BCUT2D eigenvalue weighted by atomic mass is 16.4. The Morgan fingerprint density at radius 3 is 2.90 bits per heavy atom. The number of aryl methyl sites for hydroxylation is 1. The van der Waals surface area contributed by atoms with E-state index in [1.54, 1.807) is 33.5 Å². The average molecular weight is 271 g/mol. The molecule has 0 fully saturated rings. The van der Waals surface area contributed by atoms with Gasteiger partial charge in [0.05, 0.1) is 17.2 Å². The van der Waals surface area contributed by atoms with Gasteiger partial charge in [-0.1, -0.05) is 0 Å². The van der Waals surface area contributed by atoms with Crippen molar-refractivity contribution in [1.82, 2.24) is 14.0 Å². The van der Waals surface area contributed by atoms with E-state index in [0.717, 1.165) is 11.0 Å². The first-order valence-electron chi connectivity index (χ1n) is 6.34. The monoisotopic (exact) mass is 271 g/mol. The number of nitrogens with zero attached hydrogens (tertiary/aromatic N) is 3. The molecule has 0 spiro atoms. The van der Waals surface area contributed by atoms with Crippen LogP contribution >= 0.6 is 0 Å². The zero-order valence-corrected chi connectivity index (χ0v) is 10.7. The Kier molecular flexibility index (Phi) is 2.98. The molecule has 0 aromatic carbocycles. The van der Waals surface area contributed by atoms with Gasteiger partial charge in [0.2, 0.25) is 0 Å². The standard InChI is InChI=1S/C14H13N3O3/c18-13(19)4-2-8-17-10-5-6-15-9-12(10)16-7-1-3-11(16)14(17)20/h1,3,5-7,9H,2,4,8H2,(H,18,19). The topological polar surface area (TPSA) is 76.6 Å². The molecule has 3 heterocycles. The number of pyridine rings is 1. The third-order valence-electron chi connectivity index (χ3n) is 3.31. The van der Waals surface area contributed by atoms with Crippen molar-refractivity contribution in [1.29, 1.82) is 0 Å². The minimum absolute atomic E-state index is 0.0468. The Labute approximate surface area is 113 Å². The number of rotatable bonds is 4. The third-order valence-corrected chi connectivity index (χ3v) is 3.31. The highest BCUT2D eigenvalue weighted by Gasteiger charge is 2.10. The lowest BCUT2D eigenvalue weighted by molar-refractivity contribution is -0.137. The van der Waals surface area contributed by atoms with Gasteiger partial charge in [-0.25, -0.2) is 0 Å². The summed E-state index contributed by atoms with van der Waals surface area (Å²) in [4.78, 5) is 27.2. The number of hydrogen-bond acceptors (Lipinski definition) is 3. The Balaban J connectivity index is 2.19. The Bertz CT molecular complexity index is 848. The highest BCUT2D eigenvalue weighted by Crippen LogP contribution is 2.14. The first kappa shape index (κ1) is 12.4. The van der Waals surface area contributed by atoms with E-state index in [-0.39, 0.29) is 12.0 Å². The van der Waals surface area contributed by atoms with Crippen molar-refractivity contribution in [2.24, 2.45) is 0 Å². The molecular weight excluding hydrogens is 258 g/mol. The first-order chi connectivity index (χ1) is 9.68. The number of aliphatic carboxylic acids is 1. The molecule has 3 rings (SSSR count). The average Bonchev–Trinajstić information content (AvgIpc) is 2.92. The fourth-order valence-electron chi connectivity index (χ4n) is 2.42. The second kappa shape index (κ2) is 4.80. The molecule has 102 valence electrons. The van der Waals surface area contributed by atoms with Crippen LogP contribution in [0.15, 0.2) is 41.6 Å². The summed E-state index contributed by atoms with van der Waals surface area (Å²) in [6.45, 7) is 0.382. The number of fused-ring (bicyclic) bond motifs is 3. The summed E-state index contributed by atoms with van der Waals surface area (Å²) in [7, 11) is 0. The van der Waals surface area contributed by atoms with Gasteiger partial charge >= 0.3 is 5.97 Å². The van der Waals surface area contributed by atoms with Crippen LogP contribution in [0.5, 0.6) is 0 Å². The summed E-state index contributed by atoms with van der Waals surface area (Å²) in [5.41, 5.74) is 2.06. The lowest BCUT2D eigenvalue weighted by Gasteiger charge is -2.11. The molecule has 3 aromatic heterocycles. The number of carboxylic acids is 1. The van der Waals surface area contributed by atoms with Gasteiger partial charge in [-0.2, -0.15) is 0 Å². The molecule has 6 nitrogen and oxygen atoms in total. The van der Waals surface area contributed by atoms with Crippen LogP contribution < -0.4 is 5.56 Å². The largest absolute Gasteiger partial charge is 0.481 e. The van der Waals surface area contributed by atoms with Gasteiger partial charge in [0.1, 0.15) is 5.52 Å². The zero-order valence-electron chi connectivity index (χ0n) is 10.7. The minimum Gasteiger partial charge on any atom is -0.481 e. The molecule has 0 aliphatic heterocycles. The Hall–Kier alpha value is -2.63. The Morgan fingerprint density at radius 2 is 2.10 bits per heavy atom. The van der Waals surface area contributed by atoms with E-state index >= 15 is 0 Å². The molecular formula is C14H13N3O3. The van der Waals surface area contributed by atoms with E-state index in [0.29, 0.717) is 18.5 Å². The Morgan fingerprint density at radius 1 is 1.25 bits per heavy atom. The van der Waals surface area contributed by atoms with Gasteiger partial charge in [0.25, 0.3) is 5.56 Å². The summed E-state index contributed by atoms with van der Waals surface area (Å²) in [5, 5.41) is 8.71. The van der Waals surface area contributed by atoms with E-state index in [9.17, 15) is 9.59 Å². The fraction of sp³-hybridized carbons (Fsp3) is 0.214. The second-order valence-corrected chi connectivity index (χ2v) is 4.58. The molecule has 1 N–H and O–H groups in total. The molecule has 0 aliphatic rings. The summed E-state index contributed by atoms with van der Waals surface area (Å²) in [6.07, 6.45) is 5.62. The normalized spacial score (nSPS) is 11.2. The van der Waals surface area contributed by atoms with Crippen molar-refractivity contribution in [3.05, 3.63) is 47.1 Å². The van der Waals surface area contributed by atoms with Gasteiger partial charge in [-0.05, 0) is 24.6 Å². The molecule has 3 aromatic rings. The second-order valence-electron chi connectivity index (χ2n) is 4.58. The van der Waals surface area contributed by atoms with Crippen molar-refractivity contribution < 1.29 is 9.90 Å². The van der Waals surface area contributed by atoms with Crippen LogP contribution in [-0.2, 0) is 11.3 Å². The van der Waals surface area contributed by atoms with Crippen LogP contribution in [0.4, 0.5) is 0 Å². The molecule has 0 radical (unpaired) electrons. The van der Waals surface area contributed by atoms with E-state index < -0.39 is 5.97 Å². The van der Waals surface area contributed by atoms with E-state index in [4.69, 9.17) is 5.11 Å². The van der Waals surface area contributed by atoms with Crippen LogP contribution in [0.3, 0.4) is 0 Å². The molecule has 0 amide bonds. The highest BCUT2D eigenvalue weighted by molar-refractivity contribution is 5.78. The van der Waals surface area contributed by atoms with Gasteiger partial charge < -0.3 is 14.1 Å². The minimum atomic E-state index is -0.854. The van der Waals surface area contributed by atoms with Crippen LogP contribution in [-0.4, -0.2) is 25.0 Å². The predicted octanol–water partition coefficient (Wildman–Crippen LogP) is 1.51. The molecule has 0 saturated heterocycles. The first-order valence-corrected chi connectivity index (χ1v) is 6.34. The molecule has 0 unspecified atom stereocenters. The van der Waals surface area contributed by atoms with Crippen LogP contribution in [0.2, 0.25) is 0 Å². The molecule has 0 aliphatic carbocycles. The van der Waals surface area contributed by atoms with Crippen molar-refractivity contribution in [3.63, 3.8) is 0 Å². The molecule has 6 heteroatoms. The van der Waals surface area contributed by atoms with Crippen molar-refractivity contribution in [2.45, 2.75) is 19.4 Å². The molecule has 0 saturated carbocycles. The fourth-order valence-corrected chi connectivity index (χ4v) is 2.42. The maximum absolute atomic E-state index is 12.5. The van der Waals surface area contributed by atoms with Gasteiger partial charge in [-0.15, -0.1) is 0 Å². The van der Waals surface area contributed by atoms with E-state index in [1.165, 1.54) is 0 Å². The van der Waals surface area contributed by atoms with Crippen molar-refractivity contribution >= 4 is 22.5 Å². The lowest BCUT2D eigenvalue weighted by Crippen LogP contribution is -2.23. The molecule has 0 atom stereocenters. The molecule has 0 bridgehead atoms. The number of aromatic nitrogens is 3. The smallest absolute Gasteiger partial charge is 0.303 e. The van der Waals surface area contributed by atoms with Gasteiger partial charge in [-0.3, -0.25) is 14.6 Å². The summed E-state index contributed by atoms with van der Waals surface area (Å²) >= 11 is 0. The van der Waals surface area contributed by atoms with Gasteiger partial charge in [0.15, 0.2) is 0 Å². The maximum atomic E-state index is 12.5. The van der Waals surface area contributed by atoms with Crippen molar-refractivity contribution in [2.75, 3.05) is 0 Å². The quantitative estimate of drug-likeness (QED) is 0.780. The summed E-state index contributed by atoms with van der Waals surface area (Å²) in [5.74, 6) is -0.854. The van der Waals surface area contributed by atoms with E-state index in [2.05, 4.69) is 4.98 Å². The summed E-state index contributed by atoms with van der Waals surface area (Å²) < 4.78 is 3.42. The van der Waals surface area contributed by atoms with E-state index in [1.807, 2.05) is 12.3 Å². The third kappa shape index (κ3) is 1.95. The lowest BCUT2D eigenvalue weighted by atomic mass is 10.3. The van der Waals surface area contributed by atoms with Crippen LogP contribution in [0, 0.1) is 0 Å². The predicted molar refractivity (Wildman–Crippen MR) is 73.8 cm³/mol. The SMILES string of the molecule is O=C(O)CCCn1c(=O)c2cccn2c2cnccc21. The maximum Gasteiger partial charge on any atom is 0.303 e. The van der Waals surface area contributed by atoms with Crippen LogP contribution in [0.1, 0.15) is 12.8 Å². The van der Waals surface area contributed by atoms with Crippen molar-refractivity contribution in [3.8, 4) is 0 Å². The zero-order chi connectivity index (χ0) is 14.1. The van der Waals surface area contributed by atoms with Crippen LogP contribution in [0.25, 0.3) is 16.6 Å². The number of hydrogen-bond donors (Lipinski definition) is 1. The molecule has 20 heavy (non-hydrogen) atoms. The number of carboxylic acid groups (broad SMARTS) is 1.